The van der Waals surface area contributed by atoms with Crippen LogP contribution >= 0.6 is 11.8 Å². The molecule has 0 spiro atoms. The van der Waals surface area contributed by atoms with Gasteiger partial charge in [-0.3, -0.25) is 4.79 Å². The standard InChI is InChI=1S/C9H19NO3S/c1-2-3-7(4-5-11)14-6-8(10)9(12)13/h7-8,11H,2-6,10H2,1H3,(H,12,13)/t7?,8-/m0/s1/i1D3. The lowest BCUT2D eigenvalue weighted by Crippen LogP contribution is -2.33. The fourth-order valence-corrected chi connectivity index (χ4v) is 2.11. The Morgan fingerprint density at radius 3 is 2.86 bits per heavy atom. The zero-order valence-electron chi connectivity index (χ0n) is 11.0. The monoisotopic (exact) mass is 224 g/mol. The molecule has 0 aliphatic rings. The van der Waals surface area contributed by atoms with Crippen LogP contribution < -0.4 is 5.73 Å². The molecule has 0 aliphatic carbocycles. The van der Waals surface area contributed by atoms with Gasteiger partial charge >= 0.3 is 5.97 Å². The molecule has 0 radical (unpaired) electrons. The van der Waals surface area contributed by atoms with E-state index in [-0.39, 0.29) is 24.0 Å². The van der Waals surface area contributed by atoms with Crippen LogP contribution in [0.2, 0.25) is 0 Å². The molecule has 4 N–H and O–H groups in total. The van der Waals surface area contributed by atoms with Gasteiger partial charge in [-0.15, -0.1) is 0 Å². The van der Waals surface area contributed by atoms with E-state index < -0.39 is 18.9 Å². The van der Waals surface area contributed by atoms with E-state index in [0.29, 0.717) is 12.8 Å². The summed E-state index contributed by atoms with van der Waals surface area (Å²) in [5, 5.41) is 17.4. The van der Waals surface area contributed by atoms with Crippen LogP contribution in [0.3, 0.4) is 0 Å². The summed E-state index contributed by atoms with van der Waals surface area (Å²) in [4.78, 5) is 10.5. The van der Waals surface area contributed by atoms with Crippen molar-refractivity contribution in [3.05, 3.63) is 0 Å². The second kappa shape index (κ2) is 8.08. The van der Waals surface area contributed by atoms with E-state index in [0.717, 1.165) is 0 Å². The number of nitrogens with two attached hydrogens (primary N) is 1. The molecule has 0 bridgehead atoms. The van der Waals surface area contributed by atoms with Gasteiger partial charge in [-0.05, 0) is 12.8 Å². The smallest absolute Gasteiger partial charge is 0.321 e. The normalized spacial score (nSPS) is 19.1. The van der Waals surface area contributed by atoms with E-state index in [1.54, 1.807) is 0 Å². The highest BCUT2D eigenvalue weighted by atomic mass is 32.2. The molecule has 0 aromatic rings. The average molecular weight is 224 g/mol. The number of aliphatic hydroxyl groups excluding tert-OH is 1. The van der Waals surface area contributed by atoms with Crippen LogP contribution in [-0.4, -0.2) is 39.8 Å². The topological polar surface area (TPSA) is 83.5 Å². The third kappa shape index (κ3) is 6.23. The van der Waals surface area contributed by atoms with E-state index >= 15 is 0 Å². The van der Waals surface area contributed by atoms with E-state index in [2.05, 4.69) is 0 Å². The van der Waals surface area contributed by atoms with Crippen LogP contribution in [0.15, 0.2) is 0 Å². The third-order valence-corrected chi connectivity index (χ3v) is 3.24. The summed E-state index contributed by atoms with van der Waals surface area (Å²) >= 11 is 1.31. The number of carboxylic acid groups (broad SMARTS) is 1. The van der Waals surface area contributed by atoms with Gasteiger partial charge in [-0.2, -0.15) is 11.8 Å². The van der Waals surface area contributed by atoms with Gasteiger partial charge in [-0.25, -0.2) is 0 Å². The van der Waals surface area contributed by atoms with Crippen molar-refractivity contribution in [1.29, 1.82) is 0 Å². The van der Waals surface area contributed by atoms with Gasteiger partial charge in [-0.1, -0.05) is 13.3 Å². The molecule has 0 aromatic carbocycles. The van der Waals surface area contributed by atoms with Crippen molar-refractivity contribution in [1.82, 2.24) is 0 Å². The Morgan fingerprint density at radius 1 is 1.64 bits per heavy atom. The predicted octanol–water partition coefficient (Wildman–Crippen LogP) is 0.683. The summed E-state index contributed by atoms with van der Waals surface area (Å²) < 4.78 is 21.3. The largest absolute Gasteiger partial charge is 0.480 e. The van der Waals surface area contributed by atoms with Gasteiger partial charge in [0.2, 0.25) is 0 Å². The minimum atomic E-state index is -1.98. The Hall–Kier alpha value is -0.260. The zero-order valence-corrected chi connectivity index (χ0v) is 8.80. The highest BCUT2D eigenvalue weighted by Crippen LogP contribution is 2.20. The first-order valence-electron chi connectivity index (χ1n) is 5.97. The molecule has 0 aromatic heterocycles. The first-order chi connectivity index (χ1) is 7.76. The Balaban J connectivity index is 4.02. The summed E-state index contributed by atoms with van der Waals surface area (Å²) in [5.41, 5.74) is 5.35. The molecular weight excluding hydrogens is 202 g/mol. The molecule has 0 saturated carbocycles. The first kappa shape index (κ1) is 9.00. The maximum absolute atomic E-state index is 10.5. The molecule has 84 valence electrons. The van der Waals surface area contributed by atoms with Crippen LogP contribution in [0.25, 0.3) is 0 Å². The molecule has 2 atom stereocenters. The van der Waals surface area contributed by atoms with Gasteiger partial charge in [0.1, 0.15) is 6.04 Å². The first-order valence-corrected chi connectivity index (χ1v) is 5.52. The maximum Gasteiger partial charge on any atom is 0.321 e. The highest BCUT2D eigenvalue weighted by Gasteiger charge is 2.15. The average Bonchev–Trinajstić information content (AvgIpc) is 2.20. The molecule has 5 heteroatoms. The molecule has 14 heavy (non-hydrogen) atoms. The van der Waals surface area contributed by atoms with Gasteiger partial charge in [0, 0.05) is 21.7 Å². The molecule has 1 unspecified atom stereocenters. The fourth-order valence-electron chi connectivity index (χ4n) is 0.927. The van der Waals surface area contributed by atoms with E-state index in [1.165, 1.54) is 11.8 Å². The molecule has 0 aliphatic heterocycles. The number of hydrogen-bond donors (Lipinski definition) is 3. The zero-order chi connectivity index (χ0) is 13.5. The number of rotatable bonds is 8. The lowest BCUT2D eigenvalue weighted by molar-refractivity contribution is -0.137. The minimum Gasteiger partial charge on any atom is -0.480 e. The van der Waals surface area contributed by atoms with E-state index in [9.17, 15) is 4.79 Å². The summed E-state index contributed by atoms with van der Waals surface area (Å²) in [5.74, 6) is -0.850. The van der Waals surface area contributed by atoms with Crippen LogP contribution in [0.4, 0.5) is 0 Å². The van der Waals surface area contributed by atoms with E-state index in [4.69, 9.17) is 20.1 Å². The maximum atomic E-state index is 10.5. The van der Waals surface area contributed by atoms with Crippen LogP contribution in [0, 0.1) is 0 Å². The number of thioether (sulfide) groups is 1. The third-order valence-electron chi connectivity index (χ3n) is 1.75. The molecule has 0 amide bonds. The van der Waals surface area contributed by atoms with Crippen molar-refractivity contribution in [2.24, 2.45) is 5.73 Å². The highest BCUT2D eigenvalue weighted by molar-refractivity contribution is 7.99. The molecule has 0 fully saturated rings. The van der Waals surface area contributed by atoms with Crippen molar-refractivity contribution in [2.75, 3.05) is 12.4 Å². The summed E-state index contributed by atoms with van der Waals surface area (Å²) in [6, 6.07) is -0.950. The SMILES string of the molecule is [2H]C([2H])([2H])CCC(CCO)SC[C@H](N)C(=O)O. The van der Waals surface area contributed by atoms with Crippen molar-refractivity contribution >= 4 is 17.7 Å². The van der Waals surface area contributed by atoms with Crippen LogP contribution in [0.5, 0.6) is 0 Å². The number of carbonyl (C=O) groups is 1. The van der Waals surface area contributed by atoms with Crippen molar-refractivity contribution in [3.8, 4) is 0 Å². The molecular formula is C9H19NO3S. The summed E-state index contributed by atoms with van der Waals surface area (Å²) in [6.45, 7) is -2.02. The van der Waals surface area contributed by atoms with Gasteiger partial charge in [0.25, 0.3) is 0 Å². The van der Waals surface area contributed by atoms with Gasteiger partial charge < -0.3 is 15.9 Å². The molecule has 4 nitrogen and oxygen atoms in total. The molecule has 0 rings (SSSR count). The second-order valence-corrected chi connectivity index (χ2v) is 4.28. The number of aliphatic carboxylic acids is 1. The Kier molecular flexibility index (Phi) is 5.20. The Bertz CT molecular complexity index is 238. The van der Waals surface area contributed by atoms with Crippen LogP contribution in [-0.2, 0) is 4.79 Å². The molecule has 0 saturated heterocycles. The van der Waals surface area contributed by atoms with Crippen molar-refractivity contribution in [3.63, 3.8) is 0 Å². The number of aliphatic hydroxyl groups is 1. The fraction of sp³-hybridized carbons (Fsp3) is 0.889. The summed E-state index contributed by atoms with van der Waals surface area (Å²) in [7, 11) is 0. The minimum absolute atomic E-state index is 0.0407. The lowest BCUT2D eigenvalue weighted by atomic mass is 10.2. The van der Waals surface area contributed by atoms with Crippen molar-refractivity contribution in [2.45, 2.75) is 37.4 Å². The number of carboxylic acids is 1. The predicted molar refractivity (Wildman–Crippen MR) is 58.5 cm³/mol. The van der Waals surface area contributed by atoms with E-state index in [1.807, 2.05) is 0 Å². The van der Waals surface area contributed by atoms with Crippen molar-refractivity contribution < 1.29 is 19.1 Å². The van der Waals surface area contributed by atoms with Crippen LogP contribution in [0.1, 0.15) is 30.2 Å². The van der Waals surface area contributed by atoms with Gasteiger partial charge in [0.05, 0.1) is 0 Å². The quantitative estimate of drug-likeness (QED) is 0.565. The van der Waals surface area contributed by atoms with Gasteiger partial charge in [0.15, 0.2) is 0 Å². The number of hydrogen-bond acceptors (Lipinski definition) is 4. The second-order valence-electron chi connectivity index (χ2n) is 2.95. The molecule has 0 heterocycles. The lowest BCUT2D eigenvalue weighted by Gasteiger charge is -2.15. The summed E-state index contributed by atoms with van der Waals surface area (Å²) in [6.07, 6.45) is 0.939. The Labute approximate surface area is 93.1 Å². The Morgan fingerprint density at radius 2 is 2.36 bits per heavy atom.